The van der Waals surface area contributed by atoms with Gasteiger partial charge >= 0.3 is 0 Å². The molecule has 1 amide bonds. The monoisotopic (exact) mass is 456 g/mol. The van der Waals surface area contributed by atoms with Gasteiger partial charge in [0, 0.05) is 10.6 Å². The Balaban J connectivity index is 2.15. The summed E-state index contributed by atoms with van der Waals surface area (Å²) in [7, 11) is 0. The van der Waals surface area contributed by atoms with Crippen LogP contribution in [-0.4, -0.2) is 33.4 Å². The van der Waals surface area contributed by atoms with Crippen LogP contribution in [-0.2, 0) is 4.79 Å². The van der Waals surface area contributed by atoms with E-state index >= 15 is 0 Å². The van der Waals surface area contributed by atoms with E-state index in [1.807, 2.05) is 41.3 Å². The average molecular weight is 457 g/mol. The number of alkyl halides is 2. The van der Waals surface area contributed by atoms with E-state index in [4.69, 9.17) is 17.1 Å². The Kier molecular flexibility index (Phi) is 5.17. The molecule has 0 aromatic heterocycles. The second kappa shape index (κ2) is 7.33. The van der Waals surface area contributed by atoms with Crippen LogP contribution in [0.15, 0.2) is 59.1 Å². The second-order valence-electron chi connectivity index (χ2n) is 5.16. The largest absolute Gasteiger partial charge is 0.350 e. The van der Waals surface area contributed by atoms with Crippen molar-refractivity contribution in [3.63, 3.8) is 0 Å². The SMILES string of the molecule is [N-]=[N+]=NCC1C(=O)N(CI)C2=C(NC(Cl)C=C2)N1c1ccccc1. The molecule has 2 unspecified atom stereocenters. The van der Waals surface area contributed by atoms with Crippen molar-refractivity contribution in [1.29, 1.82) is 0 Å². The van der Waals surface area contributed by atoms with Gasteiger partial charge in [-0.3, -0.25) is 9.69 Å². The lowest BCUT2D eigenvalue weighted by molar-refractivity contribution is -0.130. The van der Waals surface area contributed by atoms with Crippen LogP contribution in [0.25, 0.3) is 10.4 Å². The minimum Gasteiger partial charge on any atom is -0.350 e. The molecule has 1 N–H and O–H groups in total. The molecule has 124 valence electrons. The number of hydrogen-bond donors (Lipinski definition) is 1. The van der Waals surface area contributed by atoms with Gasteiger partial charge in [-0.25, -0.2) is 0 Å². The number of para-hydroxylation sites is 1. The van der Waals surface area contributed by atoms with Gasteiger partial charge in [-0.1, -0.05) is 57.5 Å². The van der Waals surface area contributed by atoms with Gasteiger partial charge in [0.05, 0.1) is 16.8 Å². The molecule has 0 saturated heterocycles. The van der Waals surface area contributed by atoms with Crippen molar-refractivity contribution < 1.29 is 4.79 Å². The summed E-state index contributed by atoms with van der Waals surface area (Å²) in [5.74, 6) is 0.622. The first-order valence-corrected chi connectivity index (χ1v) is 9.19. The van der Waals surface area contributed by atoms with Crippen molar-refractivity contribution in [2.24, 2.45) is 5.11 Å². The Morgan fingerprint density at radius 3 is 2.79 bits per heavy atom. The molecule has 0 radical (unpaired) electrons. The van der Waals surface area contributed by atoms with Crippen LogP contribution in [0.1, 0.15) is 0 Å². The van der Waals surface area contributed by atoms with E-state index in [9.17, 15) is 4.79 Å². The fourth-order valence-electron chi connectivity index (χ4n) is 2.78. The molecule has 7 nitrogen and oxygen atoms in total. The van der Waals surface area contributed by atoms with Gasteiger partial charge in [0.15, 0.2) is 0 Å². The summed E-state index contributed by atoms with van der Waals surface area (Å²) in [5, 5.41) is 6.84. The van der Waals surface area contributed by atoms with E-state index in [-0.39, 0.29) is 18.0 Å². The standard InChI is InChI=1S/C15H14ClIN6O/c16-13-7-6-11-14(20-13)23(10-4-2-1-3-5-10)12(8-19-21-18)15(24)22(11)9-17/h1-7,12-13,20H,8-9H2. The Labute approximate surface area is 157 Å². The maximum atomic E-state index is 12.9. The summed E-state index contributed by atoms with van der Waals surface area (Å²) in [6.45, 7) is 0.0342. The lowest BCUT2D eigenvalue weighted by Crippen LogP contribution is -2.58. The van der Waals surface area contributed by atoms with Gasteiger partial charge in [-0.05, 0) is 29.8 Å². The lowest BCUT2D eigenvalue weighted by Gasteiger charge is -2.44. The van der Waals surface area contributed by atoms with E-state index in [0.717, 1.165) is 17.2 Å². The molecule has 24 heavy (non-hydrogen) atoms. The predicted octanol–water partition coefficient (Wildman–Crippen LogP) is 3.30. The van der Waals surface area contributed by atoms with Crippen molar-refractivity contribution in [3.05, 3.63) is 64.4 Å². The first kappa shape index (κ1) is 16.9. The number of nitrogens with zero attached hydrogens (tertiary/aromatic N) is 5. The quantitative estimate of drug-likeness (QED) is 0.188. The normalized spacial score (nSPS) is 22.8. The van der Waals surface area contributed by atoms with Gasteiger partial charge in [0.2, 0.25) is 0 Å². The van der Waals surface area contributed by atoms with Crippen molar-refractivity contribution in [2.45, 2.75) is 11.5 Å². The molecule has 0 saturated carbocycles. The zero-order valence-corrected chi connectivity index (χ0v) is 15.4. The number of amides is 1. The third kappa shape index (κ3) is 3.04. The molecule has 0 spiro atoms. The molecule has 1 aromatic carbocycles. The number of nitrogens with one attached hydrogen (secondary N) is 1. The highest BCUT2D eigenvalue weighted by Gasteiger charge is 2.40. The zero-order chi connectivity index (χ0) is 17.1. The molecular formula is C15H14ClIN6O. The summed E-state index contributed by atoms with van der Waals surface area (Å²) < 4.78 is 0.490. The predicted molar refractivity (Wildman–Crippen MR) is 101 cm³/mol. The number of carbonyl (C=O) groups excluding carboxylic acids is 1. The Morgan fingerprint density at radius 2 is 2.12 bits per heavy atom. The van der Waals surface area contributed by atoms with Crippen LogP contribution in [0, 0.1) is 0 Å². The number of rotatable bonds is 4. The van der Waals surface area contributed by atoms with Gasteiger partial charge in [-0.2, -0.15) is 0 Å². The molecule has 3 rings (SSSR count). The molecule has 2 heterocycles. The molecule has 0 fully saturated rings. The molecule has 2 atom stereocenters. The summed E-state index contributed by atoms with van der Waals surface area (Å²) in [6, 6.07) is 8.88. The van der Waals surface area contributed by atoms with Gasteiger partial charge in [0.25, 0.3) is 5.91 Å². The number of anilines is 1. The topological polar surface area (TPSA) is 84.3 Å². The van der Waals surface area contributed by atoms with Gasteiger partial charge in [0.1, 0.15) is 17.4 Å². The van der Waals surface area contributed by atoms with Crippen LogP contribution < -0.4 is 10.2 Å². The van der Waals surface area contributed by atoms with Crippen molar-refractivity contribution in [1.82, 2.24) is 10.2 Å². The highest BCUT2D eigenvalue weighted by molar-refractivity contribution is 14.1. The molecular weight excluding hydrogens is 443 g/mol. The first-order chi connectivity index (χ1) is 11.7. The molecule has 0 aliphatic carbocycles. The third-order valence-corrected chi connectivity index (χ3v) is 4.74. The van der Waals surface area contributed by atoms with E-state index in [2.05, 4.69) is 37.9 Å². The average Bonchev–Trinajstić information content (AvgIpc) is 2.60. The highest BCUT2D eigenvalue weighted by Crippen LogP contribution is 2.33. The number of azide groups is 1. The fraction of sp³-hybridized carbons (Fsp3) is 0.267. The minimum atomic E-state index is -0.625. The first-order valence-electron chi connectivity index (χ1n) is 7.23. The van der Waals surface area contributed by atoms with Crippen LogP contribution in [0.5, 0.6) is 0 Å². The third-order valence-electron chi connectivity index (χ3n) is 3.81. The van der Waals surface area contributed by atoms with Gasteiger partial charge < -0.3 is 10.2 Å². The molecule has 1 aromatic rings. The van der Waals surface area contributed by atoms with Crippen molar-refractivity contribution >= 4 is 45.8 Å². The van der Waals surface area contributed by atoms with E-state index < -0.39 is 6.04 Å². The van der Waals surface area contributed by atoms with E-state index in [0.29, 0.717) is 4.55 Å². The van der Waals surface area contributed by atoms with Crippen LogP contribution >= 0.6 is 34.2 Å². The summed E-state index contributed by atoms with van der Waals surface area (Å²) >= 11 is 8.36. The summed E-state index contributed by atoms with van der Waals surface area (Å²) in [5.41, 5.74) is 9.90. The maximum absolute atomic E-state index is 12.9. The van der Waals surface area contributed by atoms with Crippen LogP contribution in [0.4, 0.5) is 5.69 Å². The number of dihydropyridines is 1. The van der Waals surface area contributed by atoms with Crippen LogP contribution in [0.3, 0.4) is 0 Å². The van der Waals surface area contributed by atoms with Crippen LogP contribution in [0.2, 0.25) is 0 Å². The maximum Gasteiger partial charge on any atom is 0.251 e. The van der Waals surface area contributed by atoms with Crippen molar-refractivity contribution in [3.8, 4) is 0 Å². The minimum absolute atomic E-state index is 0.0342. The molecule has 0 bridgehead atoms. The smallest absolute Gasteiger partial charge is 0.251 e. The Hall–Kier alpha value is -1.90. The van der Waals surface area contributed by atoms with Crippen molar-refractivity contribution in [2.75, 3.05) is 16.0 Å². The second-order valence-corrected chi connectivity index (χ2v) is 6.31. The summed E-state index contributed by atoms with van der Waals surface area (Å²) in [6.07, 6.45) is 3.64. The van der Waals surface area contributed by atoms with E-state index in [1.165, 1.54) is 0 Å². The Morgan fingerprint density at radius 1 is 1.38 bits per heavy atom. The zero-order valence-electron chi connectivity index (χ0n) is 12.5. The van der Waals surface area contributed by atoms with E-state index in [1.54, 1.807) is 11.0 Å². The number of benzene rings is 1. The molecule has 9 heteroatoms. The number of halogens is 2. The fourth-order valence-corrected chi connectivity index (χ4v) is 3.66. The number of carbonyl (C=O) groups is 1. The van der Waals surface area contributed by atoms with Gasteiger partial charge in [-0.15, -0.1) is 0 Å². The Bertz CT molecular complexity index is 746. The summed E-state index contributed by atoms with van der Waals surface area (Å²) in [4.78, 5) is 19.3. The number of allylic oxidation sites excluding steroid dienone is 1. The molecule has 2 aliphatic rings. The highest BCUT2D eigenvalue weighted by atomic mass is 127. The lowest BCUT2D eigenvalue weighted by atomic mass is 10.1. The number of hydrogen-bond acceptors (Lipinski definition) is 4. The molecule has 2 aliphatic heterocycles.